The number of amides is 1. The van der Waals surface area contributed by atoms with Crippen LogP contribution in [0.2, 0.25) is 0 Å². The fraction of sp³-hybridized carbons (Fsp3) is 0.269. The molecule has 8 heteroatoms. The molecule has 0 aliphatic heterocycles. The van der Waals surface area contributed by atoms with Gasteiger partial charge in [-0.25, -0.2) is 4.79 Å². The van der Waals surface area contributed by atoms with Crippen molar-refractivity contribution in [1.82, 2.24) is 0 Å². The second-order valence-electron chi connectivity index (χ2n) is 7.95. The number of carbonyl (C=O) groups excluding carboxylic acids is 3. The number of phenolic OH excluding ortho intramolecular Hbond substituents is 1. The molecular weight excluding hydrogens is 454 g/mol. The molecule has 0 aliphatic carbocycles. The van der Waals surface area contributed by atoms with Crippen LogP contribution in [0.1, 0.15) is 42.3 Å². The molecule has 0 spiro atoms. The molecule has 3 aromatic carbocycles. The highest BCUT2D eigenvalue weighted by Crippen LogP contribution is 2.37. The minimum Gasteiger partial charge on any atom is -0.507 e. The van der Waals surface area contributed by atoms with Crippen molar-refractivity contribution in [1.29, 1.82) is 0 Å². The standard InChI is InChI=1S/C26H27NO6S/c1-16(13-14-32-24(30)15-34)25(22-11-12-23(29)21-6-4-3-5-20(21)22)33-26(31)27-19-9-7-18(8-10-19)17(2)28/h3-12,16,25,29,34H,13-15H2,1-2H3,(H,27,31)/t16-,25-/m0/s1. The third-order valence-corrected chi connectivity index (χ3v) is 5.75. The summed E-state index contributed by atoms with van der Waals surface area (Å²) in [6.45, 7) is 3.53. The van der Waals surface area contributed by atoms with Crippen LogP contribution in [0.15, 0.2) is 60.7 Å². The Morgan fingerprint density at radius 2 is 1.68 bits per heavy atom. The number of benzene rings is 3. The number of hydrogen-bond acceptors (Lipinski definition) is 7. The van der Waals surface area contributed by atoms with Gasteiger partial charge in [-0.2, -0.15) is 12.6 Å². The molecule has 3 rings (SSSR count). The van der Waals surface area contributed by atoms with Crippen LogP contribution in [0, 0.1) is 5.92 Å². The van der Waals surface area contributed by atoms with Crippen molar-refractivity contribution in [3.05, 3.63) is 71.8 Å². The number of anilines is 1. The van der Waals surface area contributed by atoms with Crippen molar-refractivity contribution in [2.24, 2.45) is 5.92 Å². The molecule has 0 heterocycles. The highest BCUT2D eigenvalue weighted by Gasteiger charge is 2.26. The van der Waals surface area contributed by atoms with Gasteiger partial charge in [-0.3, -0.25) is 14.9 Å². The number of esters is 1. The molecule has 0 fully saturated rings. The van der Waals surface area contributed by atoms with Crippen LogP contribution < -0.4 is 5.32 Å². The zero-order valence-electron chi connectivity index (χ0n) is 19.0. The van der Waals surface area contributed by atoms with Crippen molar-refractivity contribution in [3.63, 3.8) is 0 Å². The van der Waals surface area contributed by atoms with Crippen molar-refractivity contribution in [3.8, 4) is 5.75 Å². The maximum absolute atomic E-state index is 12.8. The molecule has 178 valence electrons. The van der Waals surface area contributed by atoms with E-state index in [2.05, 4.69) is 17.9 Å². The van der Waals surface area contributed by atoms with Gasteiger partial charge in [0, 0.05) is 28.1 Å². The van der Waals surface area contributed by atoms with E-state index in [1.807, 2.05) is 25.1 Å². The maximum atomic E-state index is 12.8. The highest BCUT2D eigenvalue weighted by atomic mass is 32.1. The first kappa shape index (κ1) is 25.1. The Balaban J connectivity index is 1.84. The molecule has 0 saturated heterocycles. The van der Waals surface area contributed by atoms with Gasteiger partial charge in [0.2, 0.25) is 0 Å². The number of Topliss-reactive ketones (excluding diaryl/α,β-unsaturated/α-hetero) is 1. The van der Waals surface area contributed by atoms with E-state index in [-0.39, 0.29) is 29.8 Å². The second-order valence-corrected chi connectivity index (χ2v) is 8.26. The van der Waals surface area contributed by atoms with Gasteiger partial charge in [0.05, 0.1) is 12.4 Å². The summed E-state index contributed by atoms with van der Waals surface area (Å²) in [5, 5.41) is 14.4. The van der Waals surface area contributed by atoms with E-state index in [9.17, 15) is 19.5 Å². The number of thiol groups is 1. The Hall–Kier alpha value is -3.52. The first-order valence-corrected chi connectivity index (χ1v) is 11.5. The first-order chi connectivity index (χ1) is 16.3. The van der Waals surface area contributed by atoms with Crippen LogP contribution in [-0.2, 0) is 14.3 Å². The molecule has 7 nitrogen and oxygen atoms in total. The number of phenols is 1. The number of ether oxygens (including phenoxy) is 2. The van der Waals surface area contributed by atoms with Gasteiger partial charge >= 0.3 is 12.1 Å². The normalized spacial score (nSPS) is 12.6. The summed E-state index contributed by atoms with van der Waals surface area (Å²) in [7, 11) is 0. The first-order valence-electron chi connectivity index (χ1n) is 10.9. The quantitative estimate of drug-likeness (QED) is 0.211. The predicted octanol–water partition coefficient (Wildman–Crippen LogP) is 5.54. The molecule has 0 bridgehead atoms. The summed E-state index contributed by atoms with van der Waals surface area (Å²) >= 11 is 3.90. The summed E-state index contributed by atoms with van der Waals surface area (Å²) < 4.78 is 11.0. The lowest BCUT2D eigenvalue weighted by Crippen LogP contribution is -2.23. The SMILES string of the molecule is CC(=O)c1ccc(NC(=O)O[C@H](c2ccc(O)c3ccccc23)[C@@H](C)CCOC(=O)CS)cc1. The topological polar surface area (TPSA) is 102 Å². The Kier molecular flexibility index (Phi) is 8.54. The number of hydrogen-bond donors (Lipinski definition) is 3. The van der Waals surface area contributed by atoms with Crippen molar-refractivity contribution >= 4 is 46.9 Å². The van der Waals surface area contributed by atoms with Crippen LogP contribution in [0.4, 0.5) is 10.5 Å². The van der Waals surface area contributed by atoms with E-state index in [1.54, 1.807) is 42.5 Å². The third-order valence-electron chi connectivity index (χ3n) is 5.50. The third kappa shape index (κ3) is 6.29. The zero-order valence-corrected chi connectivity index (χ0v) is 19.9. The van der Waals surface area contributed by atoms with Crippen LogP contribution in [0.3, 0.4) is 0 Å². The fourth-order valence-corrected chi connectivity index (χ4v) is 3.74. The molecule has 0 aliphatic rings. The van der Waals surface area contributed by atoms with E-state index in [4.69, 9.17) is 9.47 Å². The summed E-state index contributed by atoms with van der Waals surface area (Å²) in [5.41, 5.74) is 1.75. The van der Waals surface area contributed by atoms with E-state index in [1.165, 1.54) is 6.92 Å². The molecule has 0 radical (unpaired) electrons. The lowest BCUT2D eigenvalue weighted by molar-refractivity contribution is -0.141. The summed E-state index contributed by atoms with van der Waals surface area (Å²) in [6.07, 6.45) is -0.909. The number of nitrogens with one attached hydrogen (secondary N) is 1. The molecule has 0 aromatic heterocycles. The lowest BCUT2D eigenvalue weighted by Gasteiger charge is -2.26. The fourth-order valence-electron chi connectivity index (χ4n) is 3.65. The average molecular weight is 482 g/mol. The van der Waals surface area contributed by atoms with E-state index >= 15 is 0 Å². The molecule has 1 amide bonds. The van der Waals surface area contributed by atoms with Crippen LogP contribution in [-0.4, -0.2) is 35.3 Å². The number of carbonyl (C=O) groups is 3. The Morgan fingerprint density at radius 1 is 1.00 bits per heavy atom. The van der Waals surface area contributed by atoms with Crippen molar-refractivity contribution in [2.45, 2.75) is 26.4 Å². The van der Waals surface area contributed by atoms with Crippen LogP contribution in [0.25, 0.3) is 10.8 Å². The molecule has 0 unspecified atom stereocenters. The van der Waals surface area contributed by atoms with Gasteiger partial charge in [0.25, 0.3) is 0 Å². The number of aromatic hydroxyl groups is 1. The van der Waals surface area contributed by atoms with Crippen LogP contribution >= 0.6 is 12.6 Å². The maximum Gasteiger partial charge on any atom is 0.412 e. The highest BCUT2D eigenvalue weighted by molar-refractivity contribution is 7.81. The van der Waals surface area contributed by atoms with Gasteiger partial charge in [-0.05, 0) is 49.1 Å². The summed E-state index contributed by atoms with van der Waals surface area (Å²) in [6, 6.07) is 17.1. The smallest absolute Gasteiger partial charge is 0.412 e. The lowest BCUT2D eigenvalue weighted by atomic mass is 9.90. The van der Waals surface area contributed by atoms with Gasteiger partial charge in [-0.1, -0.05) is 37.3 Å². The largest absolute Gasteiger partial charge is 0.507 e. The van der Waals surface area contributed by atoms with Crippen molar-refractivity contribution < 1.29 is 29.0 Å². The van der Waals surface area contributed by atoms with E-state index < -0.39 is 18.2 Å². The summed E-state index contributed by atoms with van der Waals surface area (Å²) in [4.78, 5) is 35.7. The summed E-state index contributed by atoms with van der Waals surface area (Å²) in [5.74, 6) is -0.590. The Morgan fingerprint density at radius 3 is 2.32 bits per heavy atom. The van der Waals surface area contributed by atoms with Gasteiger partial charge in [0.1, 0.15) is 11.9 Å². The number of rotatable bonds is 9. The molecule has 34 heavy (non-hydrogen) atoms. The average Bonchev–Trinajstić information content (AvgIpc) is 2.83. The zero-order chi connectivity index (χ0) is 24.7. The predicted molar refractivity (Wildman–Crippen MR) is 133 cm³/mol. The van der Waals surface area contributed by atoms with Gasteiger partial charge in [-0.15, -0.1) is 0 Å². The molecular formula is C26H27NO6S. The molecule has 3 aromatic rings. The molecule has 2 atom stereocenters. The minimum atomic E-state index is -0.684. The van der Waals surface area contributed by atoms with Crippen molar-refractivity contribution in [2.75, 3.05) is 17.7 Å². The Bertz CT molecular complexity index is 1180. The monoisotopic (exact) mass is 481 g/mol. The van der Waals surface area contributed by atoms with Gasteiger partial charge in [0.15, 0.2) is 5.78 Å². The van der Waals surface area contributed by atoms with Gasteiger partial charge < -0.3 is 14.6 Å². The number of fused-ring (bicyclic) bond motifs is 1. The van der Waals surface area contributed by atoms with Crippen LogP contribution in [0.5, 0.6) is 5.75 Å². The van der Waals surface area contributed by atoms with E-state index in [0.29, 0.717) is 23.1 Å². The molecule has 0 saturated carbocycles. The second kappa shape index (κ2) is 11.6. The van der Waals surface area contributed by atoms with E-state index in [0.717, 1.165) is 10.9 Å². The number of ketones is 1. The minimum absolute atomic E-state index is 0.0122. The Labute approximate surface area is 203 Å². The molecule has 2 N–H and O–H groups in total.